The van der Waals surface area contributed by atoms with Crippen LogP contribution in [-0.4, -0.2) is 20.8 Å². The van der Waals surface area contributed by atoms with Crippen LogP contribution in [0.1, 0.15) is 24.2 Å². The molecule has 0 fully saturated rings. The van der Waals surface area contributed by atoms with Crippen molar-refractivity contribution in [2.24, 2.45) is 0 Å². The van der Waals surface area contributed by atoms with E-state index in [1.807, 2.05) is 61.5 Å². The van der Waals surface area contributed by atoms with E-state index >= 15 is 0 Å². The van der Waals surface area contributed by atoms with Crippen molar-refractivity contribution in [1.29, 1.82) is 0 Å². The summed E-state index contributed by atoms with van der Waals surface area (Å²) in [5.41, 5.74) is 4.25. The second-order valence-electron chi connectivity index (χ2n) is 5.09. The zero-order valence-corrected chi connectivity index (χ0v) is 12.7. The standard InChI is InChI=1S/C18H17N3O/c1-3-21-19-17(14-8-5-4-6-9-14)18(20-21)16-11-7-10-15(12-16)13(2)22/h4-12H,3H2,1-2H3. The van der Waals surface area contributed by atoms with Crippen molar-refractivity contribution in [3.63, 3.8) is 0 Å². The molecule has 4 heteroatoms. The maximum atomic E-state index is 11.6. The highest BCUT2D eigenvalue weighted by molar-refractivity contribution is 5.95. The van der Waals surface area contributed by atoms with Crippen LogP contribution in [0.3, 0.4) is 0 Å². The average molecular weight is 291 g/mol. The van der Waals surface area contributed by atoms with E-state index in [2.05, 4.69) is 10.2 Å². The van der Waals surface area contributed by atoms with Crippen LogP contribution in [0.2, 0.25) is 0 Å². The Bertz CT molecular complexity index is 806. The van der Waals surface area contributed by atoms with Crippen LogP contribution in [0.4, 0.5) is 0 Å². The van der Waals surface area contributed by atoms with Crippen molar-refractivity contribution in [3.05, 3.63) is 60.2 Å². The summed E-state index contributed by atoms with van der Waals surface area (Å²) in [6.07, 6.45) is 0. The summed E-state index contributed by atoms with van der Waals surface area (Å²) in [5, 5.41) is 9.14. The molecule has 0 saturated heterocycles. The van der Waals surface area contributed by atoms with Crippen molar-refractivity contribution in [3.8, 4) is 22.5 Å². The lowest BCUT2D eigenvalue weighted by Gasteiger charge is -2.03. The summed E-state index contributed by atoms with van der Waals surface area (Å²) in [6.45, 7) is 4.27. The molecule has 0 atom stereocenters. The lowest BCUT2D eigenvalue weighted by molar-refractivity contribution is 0.101. The minimum Gasteiger partial charge on any atom is -0.295 e. The first-order chi connectivity index (χ1) is 10.7. The van der Waals surface area contributed by atoms with E-state index in [1.165, 1.54) is 0 Å². The first kappa shape index (κ1) is 14.2. The third-order valence-electron chi connectivity index (χ3n) is 3.53. The van der Waals surface area contributed by atoms with Crippen LogP contribution < -0.4 is 0 Å². The maximum absolute atomic E-state index is 11.6. The Balaban J connectivity index is 2.16. The average Bonchev–Trinajstić information content (AvgIpc) is 3.00. The molecular formula is C18H17N3O. The molecule has 0 aliphatic rings. The number of aromatic nitrogens is 3. The van der Waals surface area contributed by atoms with Gasteiger partial charge in [-0.1, -0.05) is 48.5 Å². The summed E-state index contributed by atoms with van der Waals surface area (Å²) in [6, 6.07) is 17.5. The second-order valence-corrected chi connectivity index (χ2v) is 5.09. The van der Waals surface area contributed by atoms with Crippen LogP contribution >= 0.6 is 0 Å². The molecule has 0 saturated carbocycles. The SMILES string of the molecule is CCn1nc(-c2ccccc2)c(-c2cccc(C(C)=O)c2)n1. The Morgan fingerprint density at radius 3 is 2.23 bits per heavy atom. The van der Waals surface area contributed by atoms with Gasteiger partial charge in [-0.05, 0) is 19.9 Å². The molecule has 2 aromatic carbocycles. The van der Waals surface area contributed by atoms with E-state index in [0.29, 0.717) is 12.1 Å². The number of rotatable bonds is 4. The number of aryl methyl sites for hydroxylation is 1. The Labute approximate surface area is 129 Å². The fraction of sp³-hybridized carbons (Fsp3) is 0.167. The van der Waals surface area contributed by atoms with Crippen LogP contribution in [0, 0.1) is 0 Å². The molecule has 1 aromatic heterocycles. The van der Waals surface area contributed by atoms with Gasteiger partial charge in [0.15, 0.2) is 5.78 Å². The van der Waals surface area contributed by atoms with Gasteiger partial charge in [-0.3, -0.25) is 4.79 Å². The third-order valence-corrected chi connectivity index (χ3v) is 3.53. The van der Waals surface area contributed by atoms with Gasteiger partial charge in [0.25, 0.3) is 0 Å². The van der Waals surface area contributed by atoms with Gasteiger partial charge in [-0.2, -0.15) is 15.0 Å². The van der Waals surface area contributed by atoms with Gasteiger partial charge in [0.05, 0.1) is 6.54 Å². The quantitative estimate of drug-likeness (QED) is 0.686. The Hall–Kier alpha value is -2.75. The second kappa shape index (κ2) is 5.93. The number of nitrogens with zero attached hydrogens (tertiary/aromatic N) is 3. The molecule has 3 aromatic rings. The van der Waals surface area contributed by atoms with Crippen LogP contribution in [0.5, 0.6) is 0 Å². The summed E-state index contributed by atoms with van der Waals surface area (Å²) < 4.78 is 0. The summed E-state index contributed by atoms with van der Waals surface area (Å²) >= 11 is 0. The van der Waals surface area contributed by atoms with Gasteiger partial charge in [0.2, 0.25) is 0 Å². The fourth-order valence-electron chi connectivity index (χ4n) is 2.36. The smallest absolute Gasteiger partial charge is 0.159 e. The van der Waals surface area contributed by atoms with Gasteiger partial charge in [-0.25, -0.2) is 0 Å². The molecule has 0 amide bonds. The van der Waals surface area contributed by atoms with Gasteiger partial charge in [-0.15, -0.1) is 0 Å². The number of benzene rings is 2. The highest BCUT2D eigenvalue weighted by Crippen LogP contribution is 2.29. The molecule has 3 rings (SSSR count). The predicted molar refractivity (Wildman–Crippen MR) is 86.6 cm³/mol. The first-order valence-electron chi connectivity index (χ1n) is 7.31. The van der Waals surface area contributed by atoms with Crippen molar-refractivity contribution >= 4 is 5.78 Å². The minimum absolute atomic E-state index is 0.0472. The zero-order chi connectivity index (χ0) is 15.5. The Kier molecular flexibility index (Phi) is 3.83. The summed E-state index contributed by atoms with van der Waals surface area (Å²) in [7, 11) is 0. The van der Waals surface area contributed by atoms with Crippen molar-refractivity contribution in [2.75, 3.05) is 0 Å². The fourth-order valence-corrected chi connectivity index (χ4v) is 2.36. The lowest BCUT2D eigenvalue weighted by atomic mass is 10.0. The molecule has 110 valence electrons. The molecule has 0 N–H and O–H groups in total. The van der Waals surface area contributed by atoms with E-state index in [0.717, 1.165) is 22.5 Å². The molecule has 22 heavy (non-hydrogen) atoms. The first-order valence-corrected chi connectivity index (χ1v) is 7.31. The Morgan fingerprint density at radius 2 is 1.59 bits per heavy atom. The molecule has 1 heterocycles. The maximum Gasteiger partial charge on any atom is 0.159 e. The summed E-state index contributed by atoms with van der Waals surface area (Å²) in [5.74, 6) is 0.0472. The van der Waals surface area contributed by atoms with E-state index < -0.39 is 0 Å². The molecule has 0 radical (unpaired) electrons. The topological polar surface area (TPSA) is 47.8 Å². The highest BCUT2D eigenvalue weighted by atomic mass is 16.1. The normalized spacial score (nSPS) is 10.6. The third kappa shape index (κ3) is 2.68. The molecule has 0 spiro atoms. The molecule has 0 aliphatic carbocycles. The van der Waals surface area contributed by atoms with Crippen molar-refractivity contribution in [1.82, 2.24) is 15.0 Å². The number of carbonyl (C=O) groups is 1. The summed E-state index contributed by atoms with van der Waals surface area (Å²) in [4.78, 5) is 13.3. The minimum atomic E-state index is 0.0472. The van der Waals surface area contributed by atoms with Crippen molar-refractivity contribution in [2.45, 2.75) is 20.4 Å². The van der Waals surface area contributed by atoms with E-state index in [1.54, 1.807) is 11.7 Å². The van der Waals surface area contributed by atoms with Gasteiger partial charge >= 0.3 is 0 Å². The number of hydrogen-bond acceptors (Lipinski definition) is 3. The number of Topliss-reactive ketones (excluding diaryl/α,β-unsaturated/α-hetero) is 1. The molecule has 0 aliphatic heterocycles. The van der Waals surface area contributed by atoms with Crippen molar-refractivity contribution < 1.29 is 4.79 Å². The number of ketones is 1. The van der Waals surface area contributed by atoms with Crippen LogP contribution in [0.25, 0.3) is 22.5 Å². The monoisotopic (exact) mass is 291 g/mol. The number of hydrogen-bond donors (Lipinski definition) is 0. The Morgan fingerprint density at radius 1 is 0.955 bits per heavy atom. The van der Waals surface area contributed by atoms with E-state index in [9.17, 15) is 4.79 Å². The zero-order valence-electron chi connectivity index (χ0n) is 12.7. The van der Waals surface area contributed by atoms with Gasteiger partial charge in [0, 0.05) is 16.7 Å². The van der Waals surface area contributed by atoms with Gasteiger partial charge in [0.1, 0.15) is 11.4 Å². The molecule has 0 bridgehead atoms. The van der Waals surface area contributed by atoms with Crippen LogP contribution in [0.15, 0.2) is 54.6 Å². The number of carbonyl (C=O) groups excluding carboxylic acids is 1. The van der Waals surface area contributed by atoms with Gasteiger partial charge < -0.3 is 0 Å². The lowest BCUT2D eigenvalue weighted by Crippen LogP contribution is -1.98. The highest BCUT2D eigenvalue weighted by Gasteiger charge is 2.15. The molecule has 0 unspecified atom stereocenters. The largest absolute Gasteiger partial charge is 0.295 e. The van der Waals surface area contributed by atoms with Crippen LogP contribution in [-0.2, 0) is 6.54 Å². The van der Waals surface area contributed by atoms with E-state index in [4.69, 9.17) is 0 Å². The van der Waals surface area contributed by atoms with E-state index in [-0.39, 0.29) is 5.78 Å². The predicted octanol–water partition coefficient (Wildman–Crippen LogP) is 3.83. The molecule has 4 nitrogen and oxygen atoms in total. The molecular weight excluding hydrogens is 274 g/mol.